The van der Waals surface area contributed by atoms with Crippen LogP contribution in [0.25, 0.3) is 10.9 Å². The van der Waals surface area contributed by atoms with Crippen molar-refractivity contribution in [3.63, 3.8) is 0 Å². The van der Waals surface area contributed by atoms with Gasteiger partial charge in [0.15, 0.2) is 12.4 Å². The summed E-state index contributed by atoms with van der Waals surface area (Å²) in [4.78, 5) is 25.1. The molecule has 8 nitrogen and oxygen atoms in total. The van der Waals surface area contributed by atoms with Crippen molar-refractivity contribution in [2.45, 2.75) is 20.1 Å². The van der Waals surface area contributed by atoms with Crippen molar-refractivity contribution < 1.29 is 9.53 Å². The first-order valence-electron chi connectivity index (χ1n) is 9.31. The molecule has 3 N–H and O–H groups in total. The lowest BCUT2D eigenvalue weighted by Crippen LogP contribution is -2.11. The van der Waals surface area contributed by atoms with Crippen LogP contribution < -0.4 is 11.1 Å². The fourth-order valence-corrected chi connectivity index (χ4v) is 3.23. The second-order valence-corrected chi connectivity index (χ2v) is 6.92. The Morgan fingerprint density at radius 3 is 2.67 bits per heavy atom. The highest BCUT2D eigenvalue weighted by Gasteiger charge is 2.16. The van der Waals surface area contributed by atoms with Crippen LogP contribution in [0.4, 0.5) is 17.6 Å². The number of nitrogens with zero attached hydrogens (tertiary/aromatic N) is 4. The number of hydrogen-bond acceptors (Lipinski definition) is 7. The van der Waals surface area contributed by atoms with Crippen molar-refractivity contribution >= 4 is 46.1 Å². The number of nitrogens with one attached hydrogen (secondary N) is 1. The normalized spacial score (nSPS) is 10.9. The Morgan fingerprint density at radius 1 is 1.13 bits per heavy atom. The van der Waals surface area contributed by atoms with Gasteiger partial charge in [0.2, 0.25) is 11.9 Å². The first-order valence-corrected chi connectivity index (χ1v) is 9.69. The largest absolute Gasteiger partial charge is 0.454 e. The van der Waals surface area contributed by atoms with Crippen LogP contribution in [0, 0.1) is 0 Å². The molecule has 2 aromatic heterocycles. The van der Waals surface area contributed by atoms with Crippen molar-refractivity contribution in [2.75, 3.05) is 11.1 Å². The van der Waals surface area contributed by atoms with Crippen molar-refractivity contribution in [3.8, 4) is 0 Å². The molecule has 4 rings (SSSR count). The lowest BCUT2D eigenvalue weighted by Gasteiger charge is -2.08. The van der Waals surface area contributed by atoms with E-state index in [2.05, 4.69) is 20.3 Å². The number of nitrogens with two attached hydrogens (primary N) is 1. The standard InChI is InChI=1S/C21H19ClN6O2/c1-2-28-11-16(15-5-3-4-6-17(15)28)19(29)30-12-18-25-20(23)27-21(26-18)24-14-9-7-13(22)8-10-14/h3-11H,2,12H2,1H3,(H3,23,24,25,26,27). The number of nitrogen functional groups attached to an aromatic ring is 1. The SMILES string of the molecule is CCn1cc(C(=O)OCc2nc(N)nc(Nc3ccc(Cl)cc3)n2)c2ccccc21. The Kier molecular flexibility index (Phi) is 5.49. The van der Waals surface area contributed by atoms with E-state index in [1.165, 1.54) is 0 Å². The molecule has 0 radical (unpaired) electrons. The van der Waals surface area contributed by atoms with Gasteiger partial charge < -0.3 is 20.4 Å². The van der Waals surface area contributed by atoms with Crippen LogP contribution in [-0.2, 0) is 17.9 Å². The van der Waals surface area contributed by atoms with E-state index in [1.807, 2.05) is 35.8 Å². The molecule has 4 aromatic rings. The molecule has 0 aliphatic carbocycles. The average molecular weight is 423 g/mol. The van der Waals surface area contributed by atoms with Crippen LogP contribution in [0.3, 0.4) is 0 Å². The monoisotopic (exact) mass is 422 g/mol. The van der Waals surface area contributed by atoms with Gasteiger partial charge in [-0.15, -0.1) is 0 Å². The Balaban J connectivity index is 1.50. The van der Waals surface area contributed by atoms with Gasteiger partial charge in [0.25, 0.3) is 0 Å². The van der Waals surface area contributed by atoms with Gasteiger partial charge in [-0.2, -0.15) is 15.0 Å². The third kappa shape index (κ3) is 4.18. The van der Waals surface area contributed by atoms with Gasteiger partial charge in [0.1, 0.15) is 0 Å². The van der Waals surface area contributed by atoms with Gasteiger partial charge in [0.05, 0.1) is 5.56 Å². The maximum Gasteiger partial charge on any atom is 0.340 e. The highest BCUT2D eigenvalue weighted by molar-refractivity contribution is 6.30. The minimum absolute atomic E-state index is 0.0232. The molecular weight excluding hydrogens is 404 g/mol. The van der Waals surface area contributed by atoms with Crippen LogP contribution in [0.1, 0.15) is 23.1 Å². The smallest absolute Gasteiger partial charge is 0.340 e. The molecule has 0 saturated carbocycles. The summed E-state index contributed by atoms with van der Waals surface area (Å²) in [7, 11) is 0. The number of fused-ring (bicyclic) bond motifs is 1. The van der Waals surface area contributed by atoms with E-state index < -0.39 is 5.97 Å². The summed E-state index contributed by atoms with van der Waals surface area (Å²) < 4.78 is 7.45. The van der Waals surface area contributed by atoms with Crippen LogP contribution >= 0.6 is 11.6 Å². The highest BCUT2D eigenvalue weighted by Crippen LogP contribution is 2.22. The van der Waals surface area contributed by atoms with Gasteiger partial charge in [0, 0.05) is 34.4 Å². The molecule has 0 atom stereocenters. The number of hydrogen-bond donors (Lipinski definition) is 2. The Morgan fingerprint density at radius 2 is 1.90 bits per heavy atom. The molecule has 9 heteroatoms. The van der Waals surface area contributed by atoms with Crippen LogP contribution in [0.2, 0.25) is 5.02 Å². The Labute approximate surface area is 177 Å². The fraction of sp³-hybridized carbons (Fsp3) is 0.143. The van der Waals surface area contributed by atoms with Gasteiger partial charge >= 0.3 is 5.97 Å². The second kappa shape index (κ2) is 8.38. The van der Waals surface area contributed by atoms with E-state index in [0.29, 0.717) is 10.6 Å². The predicted molar refractivity (Wildman–Crippen MR) is 116 cm³/mol. The third-order valence-electron chi connectivity index (χ3n) is 4.48. The van der Waals surface area contributed by atoms with Crippen molar-refractivity contribution in [1.29, 1.82) is 0 Å². The first-order chi connectivity index (χ1) is 14.5. The third-order valence-corrected chi connectivity index (χ3v) is 4.73. The number of halogens is 1. The van der Waals surface area contributed by atoms with Crippen LogP contribution in [-0.4, -0.2) is 25.5 Å². The Hall–Kier alpha value is -3.65. The number of aryl methyl sites for hydroxylation is 1. The van der Waals surface area contributed by atoms with Crippen molar-refractivity contribution in [1.82, 2.24) is 19.5 Å². The number of aromatic nitrogens is 4. The van der Waals surface area contributed by atoms with Gasteiger partial charge in [-0.1, -0.05) is 29.8 Å². The van der Waals surface area contributed by atoms with E-state index in [-0.39, 0.29) is 24.3 Å². The lowest BCUT2D eigenvalue weighted by molar-refractivity contribution is 0.0464. The molecule has 2 aromatic carbocycles. The topological polar surface area (TPSA) is 108 Å². The van der Waals surface area contributed by atoms with Crippen LogP contribution in [0.15, 0.2) is 54.7 Å². The number of rotatable bonds is 6. The molecule has 0 fully saturated rings. The fourth-order valence-electron chi connectivity index (χ4n) is 3.10. The van der Waals surface area contributed by atoms with E-state index in [0.717, 1.165) is 23.1 Å². The van der Waals surface area contributed by atoms with E-state index in [9.17, 15) is 4.79 Å². The number of para-hydroxylation sites is 1. The summed E-state index contributed by atoms with van der Waals surface area (Å²) in [5, 5.41) is 4.48. The zero-order chi connectivity index (χ0) is 21.1. The quantitative estimate of drug-likeness (QED) is 0.448. The number of ether oxygens (including phenoxy) is 1. The molecule has 152 valence electrons. The van der Waals surface area contributed by atoms with E-state index >= 15 is 0 Å². The lowest BCUT2D eigenvalue weighted by atomic mass is 10.2. The minimum Gasteiger partial charge on any atom is -0.454 e. The second-order valence-electron chi connectivity index (χ2n) is 6.49. The zero-order valence-electron chi connectivity index (χ0n) is 16.2. The zero-order valence-corrected chi connectivity index (χ0v) is 16.9. The number of carbonyl (C=O) groups is 1. The summed E-state index contributed by atoms with van der Waals surface area (Å²) in [5.74, 6) is 0.0599. The molecule has 30 heavy (non-hydrogen) atoms. The minimum atomic E-state index is -0.454. The Bertz CT molecular complexity index is 1210. The van der Waals surface area contributed by atoms with Crippen molar-refractivity contribution in [2.24, 2.45) is 0 Å². The molecule has 0 amide bonds. The summed E-state index contributed by atoms with van der Waals surface area (Å²) in [5.41, 5.74) is 7.99. The van der Waals surface area contributed by atoms with Crippen LogP contribution in [0.5, 0.6) is 0 Å². The molecule has 0 spiro atoms. The number of benzene rings is 2. The first kappa shape index (κ1) is 19.7. The molecule has 0 saturated heterocycles. The summed E-state index contributed by atoms with van der Waals surface area (Å²) in [6, 6.07) is 14.7. The number of anilines is 3. The molecule has 0 bridgehead atoms. The average Bonchev–Trinajstić information content (AvgIpc) is 3.12. The maximum absolute atomic E-state index is 12.7. The van der Waals surface area contributed by atoms with Gasteiger partial charge in [-0.3, -0.25) is 0 Å². The van der Waals surface area contributed by atoms with E-state index in [1.54, 1.807) is 30.5 Å². The summed E-state index contributed by atoms with van der Waals surface area (Å²) in [6.07, 6.45) is 1.79. The number of carbonyl (C=O) groups excluding carboxylic acids is 1. The summed E-state index contributed by atoms with van der Waals surface area (Å²) in [6.45, 7) is 2.63. The summed E-state index contributed by atoms with van der Waals surface area (Å²) >= 11 is 5.89. The molecule has 0 aliphatic heterocycles. The van der Waals surface area contributed by atoms with Crippen molar-refractivity contribution in [3.05, 3.63) is 71.1 Å². The molecule has 0 unspecified atom stereocenters. The maximum atomic E-state index is 12.7. The predicted octanol–water partition coefficient (Wildman–Crippen LogP) is 4.18. The molecular formula is C21H19ClN6O2. The highest BCUT2D eigenvalue weighted by atomic mass is 35.5. The van der Waals surface area contributed by atoms with E-state index in [4.69, 9.17) is 22.1 Å². The van der Waals surface area contributed by atoms with Gasteiger partial charge in [-0.05, 0) is 37.3 Å². The molecule has 2 heterocycles. The molecule has 0 aliphatic rings. The van der Waals surface area contributed by atoms with Gasteiger partial charge in [-0.25, -0.2) is 4.79 Å². The number of esters is 1.